The molecule has 0 atom stereocenters. The van der Waals surface area contributed by atoms with Gasteiger partial charge in [-0.1, -0.05) is 0 Å². The van der Waals surface area contributed by atoms with Crippen molar-refractivity contribution in [3.05, 3.63) is 21.0 Å². The van der Waals surface area contributed by atoms with Gasteiger partial charge in [-0.2, -0.15) is 0 Å². The molecule has 1 aromatic rings. The largest absolute Gasteiger partial charge is 0.505 e. The number of aromatic hydroxyl groups is 1. The molecule has 0 aliphatic carbocycles. The second-order valence-electron chi connectivity index (χ2n) is 2.38. The van der Waals surface area contributed by atoms with Gasteiger partial charge in [-0.25, -0.2) is 8.78 Å². The highest BCUT2D eigenvalue weighted by Crippen LogP contribution is 2.29. The van der Waals surface area contributed by atoms with E-state index < -0.39 is 23.6 Å². The van der Waals surface area contributed by atoms with Crippen LogP contribution < -0.4 is 5.73 Å². The first-order valence-corrected chi connectivity index (χ1v) is 4.48. The molecule has 0 bridgehead atoms. The van der Waals surface area contributed by atoms with Gasteiger partial charge in [0, 0.05) is 0 Å². The van der Waals surface area contributed by atoms with Gasteiger partial charge in [0.25, 0.3) is 12.3 Å². The van der Waals surface area contributed by atoms with Gasteiger partial charge < -0.3 is 10.8 Å². The van der Waals surface area contributed by atoms with Crippen LogP contribution in [0.2, 0.25) is 0 Å². The van der Waals surface area contributed by atoms with E-state index in [1.165, 1.54) is 0 Å². The van der Waals surface area contributed by atoms with Crippen molar-refractivity contribution in [1.82, 2.24) is 4.98 Å². The van der Waals surface area contributed by atoms with E-state index in [1.807, 2.05) is 0 Å². The number of amides is 1. The molecule has 0 aliphatic heterocycles. The summed E-state index contributed by atoms with van der Waals surface area (Å²) in [4.78, 5) is 14.1. The minimum absolute atomic E-state index is 0.0135. The van der Waals surface area contributed by atoms with E-state index in [4.69, 9.17) is 10.8 Å². The van der Waals surface area contributed by atoms with Gasteiger partial charge in [0.1, 0.15) is 11.4 Å². The molecule has 1 aromatic heterocycles. The Morgan fingerprint density at radius 3 is 2.64 bits per heavy atom. The topological polar surface area (TPSA) is 76.2 Å². The maximum absolute atomic E-state index is 12.3. The van der Waals surface area contributed by atoms with Gasteiger partial charge in [-0.05, 0) is 22.6 Å². The Morgan fingerprint density at radius 1 is 1.64 bits per heavy atom. The number of primary amides is 1. The Balaban J connectivity index is 3.45. The molecule has 3 N–H and O–H groups in total. The molecule has 7 heteroatoms. The molecule has 1 amide bonds. The smallest absolute Gasteiger partial charge is 0.281 e. The molecule has 1 heterocycles. The fraction of sp³-hybridized carbons (Fsp3) is 0.143. The Hall–Kier alpha value is -0.990. The van der Waals surface area contributed by atoms with Crippen LogP contribution >= 0.6 is 22.6 Å². The van der Waals surface area contributed by atoms with Crippen molar-refractivity contribution >= 4 is 28.5 Å². The van der Waals surface area contributed by atoms with E-state index in [2.05, 4.69) is 4.98 Å². The van der Waals surface area contributed by atoms with Crippen molar-refractivity contribution in [3.8, 4) is 5.75 Å². The average Bonchev–Trinajstić information content (AvgIpc) is 2.08. The number of pyridine rings is 1. The minimum Gasteiger partial charge on any atom is -0.505 e. The standard InChI is InChI=1S/C7H5F2IN2O2/c8-6(9)5-3(7(11)14)4(10)2(13)1-12-5/h1,6,13H,(H2,11,14). The van der Waals surface area contributed by atoms with Crippen molar-refractivity contribution in [2.24, 2.45) is 5.73 Å². The Bertz CT molecular complexity index is 384. The van der Waals surface area contributed by atoms with Gasteiger partial charge >= 0.3 is 0 Å². The molecule has 0 saturated heterocycles. The summed E-state index contributed by atoms with van der Waals surface area (Å²) < 4.78 is 24.7. The molecule has 1 rings (SSSR count). The number of aromatic nitrogens is 1. The van der Waals surface area contributed by atoms with Crippen LogP contribution in [-0.4, -0.2) is 16.0 Å². The van der Waals surface area contributed by atoms with Gasteiger partial charge in [0.15, 0.2) is 0 Å². The molecule has 0 unspecified atom stereocenters. The third-order valence-corrected chi connectivity index (χ3v) is 2.57. The maximum Gasteiger partial charge on any atom is 0.281 e. The van der Waals surface area contributed by atoms with Crippen molar-refractivity contribution in [3.63, 3.8) is 0 Å². The maximum atomic E-state index is 12.3. The zero-order valence-corrected chi connectivity index (χ0v) is 8.83. The Labute approximate surface area is 91.3 Å². The van der Waals surface area contributed by atoms with E-state index in [1.54, 1.807) is 22.6 Å². The highest BCUT2D eigenvalue weighted by atomic mass is 127. The molecule has 0 spiro atoms. The second kappa shape index (κ2) is 4.03. The van der Waals surface area contributed by atoms with Gasteiger partial charge in [-0.3, -0.25) is 9.78 Å². The molecule has 0 aromatic carbocycles. The van der Waals surface area contributed by atoms with Crippen LogP contribution in [0.5, 0.6) is 5.75 Å². The summed E-state index contributed by atoms with van der Waals surface area (Å²) in [5, 5.41) is 9.13. The summed E-state index contributed by atoms with van der Waals surface area (Å²) in [6.07, 6.45) is -2.04. The number of hydrogen-bond acceptors (Lipinski definition) is 3. The lowest BCUT2D eigenvalue weighted by molar-refractivity contribution is 0.0981. The fourth-order valence-electron chi connectivity index (χ4n) is 0.892. The third-order valence-electron chi connectivity index (χ3n) is 1.48. The lowest BCUT2D eigenvalue weighted by atomic mass is 10.2. The van der Waals surface area contributed by atoms with E-state index in [0.717, 1.165) is 6.20 Å². The van der Waals surface area contributed by atoms with Crippen molar-refractivity contribution in [2.45, 2.75) is 6.43 Å². The van der Waals surface area contributed by atoms with Crippen LogP contribution in [0.1, 0.15) is 22.5 Å². The van der Waals surface area contributed by atoms with Crippen molar-refractivity contribution < 1.29 is 18.7 Å². The first-order chi connectivity index (χ1) is 6.45. The van der Waals surface area contributed by atoms with E-state index in [-0.39, 0.29) is 9.32 Å². The predicted molar refractivity (Wildman–Crippen MR) is 52.1 cm³/mol. The first-order valence-electron chi connectivity index (χ1n) is 3.40. The lowest BCUT2D eigenvalue weighted by Crippen LogP contribution is -2.17. The first kappa shape index (κ1) is 11.1. The third kappa shape index (κ3) is 1.91. The summed E-state index contributed by atoms with van der Waals surface area (Å²) in [7, 11) is 0. The van der Waals surface area contributed by atoms with E-state index in [9.17, 15) is 13.6 Å². The zero-order valence-electron chi connectivity index (χ0n) is 6.67. The van der Waals surface area contributed by atoms with Crippen LogP contribution in [-0.2, 0) is 0 Å². The summed E-state index contributed by atoms with van der Waals surface area (Å²) >= 11 is 1.55. The van der Waals surface area contributed by atoms with Gasteiger partial charge in [0.2, 0.25) is 0 Å². The number of carbonyl (C=O) groups excluding carboxylic acids is 1. The molecular formula is C7H5F2IN2O2. The zero-order chi connectivity index (χ0) is 10.9. The monoisotopic (exact) mass is 314 g/mol. The highest BCUT2D eigenvalue weighted by Gasteiger charge is 2.23. The SMILES string of the molecule is NC(=O)c1c(C(F)F)ncc(O)c1I. The van der Waals surface area contributed by atoms with Crippen LogP contribution in [0.25, 0.3) is 0 Å². The predicted octanol–water partition coefficient (Wildman–Crippen LogP) is 1.43. The normalized spacial score (nSPS) is 10.6. The van der Waals surface area contributed by atoms with Crippen LogP contribution in [0.15, 0.2) is 6.20 Å². The molecule has 0 radical (unpaired) electrons. The van der Waals surface area contributed by atoms with Crippen LogP contribution in [0.4, 0.5) is 8.78 Å². The summed E-state index contributed by atoms with van der Waals surface area (Å²) in [6, 6.07) is 0. The lowest BCUT2D eigenvalue weighted by Gasteiger charge is -2.07. The molecule has 0 fully saturated rings. The van der Waals surface area contributed by atoms with Crippen LogP contribution in [0.3, 0.4) is 0 Å². The van der Waals surface area contributed by atoms with E-state index >= 15 is 0 Å². The molecule has 0 saturated carbocycles. The second-order valence-corrected chi connectivity index (χ2v) is 3.46. The molecule has 0 aliphatic rings. The minimum atomic E-state index is -2.90. The number of nitrogens with zero attached hydrogens (tertiary/aromatic N) is 1. The summed E-state index contributed by atoms with van der Waals surface area (Å²) in [5.41, 5.74) is 3.76. The van der Waals surface area contributed by atoms with Crippen LogP contribution in [0, 0.1) is 3.57 Å². The summed E-state index contributed by atoms with van der Waals surface area (Å²) in [6.45, 7) is 0. The van der Waals surface area contributed by atoms with E-state index in [0.29, 0.717) is 0 Å². The number of hydrogen-bond donors (Lipinski definition) is 2. The molecular weight excluding hydrogens is 309 g/mol. The number of alkyl halides is 2. The Morgan fingerprint density at radius 2 is 2.21 bits per heavy atom. The van der Waals surface area contributed by atoms with Crippen molar-refractivity contribution in [1.29, 1.82) is 0 Å². The van der Waals surface area contributed by atoms with Gasteiger partial charge in [-0.15, -0.1) is 0 Å². The fourth-order valence-corrected chi connectivity index (χ4v) is 1.57. The number of halogens is 3. The van der Waals surface area contributed by atoms with Gasteiger partial charge in [0.05, 0.1) is 15.3 Å². The Kier molecular flexibility index (Phi) is 3.19. The summed E-state index contributed by atoms with van der Waals surface area (Å²) in [5.74, 6) is -1.38. The molecule has 76 valence electrons. The average molecular weight is 314 g/mol. The highest BCUT2D eigenvalue weighted by molar-refractivity contribution is 14.1. The molecule has 14 heavy (non-hydrogen) atoms. The quantitative estimate of drug-likeness (QED) is 0.811. The number of rotatable bonds is 2. The van der Waals surface area contributed by atoms with Crippen molar-refractivity contribution in [2.75, 3.05) is 0 Å². The number of carbonyl (C=O) groups is 1. The number of nitrogens with two attached hydrogens (primary N) is 1. The molecule has 4 nitrogen and oxygen atoms in total.